The lowest BCUT2D eigenvalue weighted by Gasteiger charge is -2.33. The van der Waals surface area contributed by atoms with Gasteiger partial charge in [0.2, 0.25) is 0 Å². The first-order chi connectivity index (χ1) is 26.4. The van der Waals surface area contributed by atoms with Gasteiger partial charge in [-0.3, -0.25) is 0 Å². The molecule has 0 bridgehead atoms. The molecule has 0 spiro atoms. The Kier molecular flexibility index (Phi) is 15.3. The molecule has 12 nitrogen and oxygen atoms in total. The molecule has 6 aromatic rings. The standard InChI is InChI=1S/C19H22N4O2S2.C13H10BrN3S.C6H13NO2S.ClH/c1-26-19-20-10-6-18(21-19)23-13-9-15-16(4-3-5-17(15)23)22-11-7-14(8-12-22)27(2,24)25;1-18-13-15-7-5-12(16-13)17-8-6-9-10(14)3-2-4-11(9)17;1-10(8,9)6-2-4-7-5-3-6;/h3-6,9-10,13-14H,7-8,11-12H2,1-2H3;2-8H,1H3;6-7H,2-5H2,1H3;1H. The van der Waals surface area contributed by atoms with Crippen LogP contribution < -0.4 is 10.2 Å². The molecule has 2 aliphatic heterocycles. The largest absolute Gasteiger partial charge is 0.371 e. The first kappa shape index (κ1) is 43.9. The fourth-order valence-corrected chi connectivity index (χ4v) is 10.2. The van der Waals surface area contributed by atoms with Gasteiger partial charge in [0.05, 0.1) is 21.5 Å². The van der Waals surface area contributed by atoms with Crippen molar-refractivity contribution in [1.82, 2.24) is 34.4 Å². The molecular weight excluding hydrogens is 876 g/mol. The molecule has 0 aliphatic carbocycles. The molecule has 56 heavy (non-hydrogen) atoms. The van der Waals surface area contributed by atoms with E-state index in [0.29, 0.717) is 12.8 Å². The van der Waals surface area contributed by atoms with Crippen molar-refractivity contribution in [2.45, 2.75) is 46.5 Å². The fourth-order valence-electron chi connectivity index (χ4n) is 6.83. The number of hydrogen-bond donors (Lipinski definition) is 1. The lowest BCUT2D eigenvalue weighted by atomic mass is 10.1. The van der Waals surface area contributed by atoms with E-state index in [0.717, 1.165) is 87.5 Å². The lowest BCUT2D eigenvalue weighted by molar-refractivity contribution is 0.499. The lowest BCUT2D eigenvalue weighted by Crippen LogP contribution is -2.39. The van der Waals surface area contributed by atoms with E-state index in [9.17, 15) is 16.8 Å². The van der Waals surface area contributed by atoms with Crippen molar-refractivity contribution in [3.8, 4) is 11.6 Å². The number of thioether (sulfide) groups is 2. The Bertz CT molecular complexity index is 2470. The number of piperidine rings is 2. The first-order valence-electron chi connectivity index (χ1n) is 17.8. The van der Waals surface area contributed by atoms with Crippen LogP contribution in [0.25, 0.3) is 33.4 Å². The Hall–Kier alpha value is -3.19. The smallest absolute Gasteiger partial charge is 0.189 e. The topological polar surface area (TPSA) is 145 Å². The number of nitrogens with one attached hydrogen (secondary N) is 1. The number of sulfone groups is 2. The van der Waals surface area contributed by atoms with Crippen LogP contribution in [-0.2, 0) is 19.7 Å². The van der Waals surface area contributed by atoms with Gasteiger partial charge in [0.1, 0.15) is 31.3 Å². The summed E-state index contributed by atoms with van der Waals surface area (Å²) >= 11 is 6.63. The number of aromatic nitrogens is 6. The molecule has 2 saturated heterocycles. The van der Waals surface area contributed by atoms with Crippen LogP contribution in [0.5, 0.6) is 0 Å². The summed E-state index contributed by atoms with van der Waals surface area (Å²) in [6.07, 6.45) is 17.1. The summed E-state index contributed by atoms with van der Waals surface area (Å²) in [4.78, 5) is 19.8. The van der Waals surface area contributed by atoms with E-state index < -0.39 is 19.7 Å². The third-order valence-electron chi connectivity index (χ3n) is 9.77. The van der Waals surface area contributed by atoms with Gasteiger partial charge < -0.3 is 19.4 Å². The minimum absolute atomic E-state index is 0. The molecule has 300 valence electrons. The average molecular weight is 922 g/mol. The number of nitrogens with zero attached hydrogens (tertiary/aromatic N) is 7. The number of halogens is 2. The van der Waals surface area contributed by atoms with E-state index in [1.165, 1.54) is 29.7 Å². The number of benzene rings is 2. The van der Waals surface area contributed by atoms with Crippen molar-refractivity contribution >= 4 is 99.0 Å². The Morgan fingerprint density at radius 1 is 0.679 bits per heavy atom. The highest BCUT2D eigenvalue weighted by atomic mass is 79.9. The van der Waals surface area contributed by atoms with Gasteiger partial charge in [0.15, 0.2) is 10.3 Å². The van der Waals surface area contributed by atoms with Gasteiger partial charge >= 0.3 is 0 Å². The van der Waals surface area contributed by atoms with Gasteiger partial charge in [-0.15, -0.1) is 12.4 Å². The SMILES string of the molecule is CS(=O)(=O)C1CCNCC1.CSc1nccc(-n2ccc3c(Br)cccc32)n1.CSc1nccc(-n2ccc3c(N4CCC(S(C)(=O)=O)CC4)cccc32)n1.Cl. The molecule has 1 N–H and O–H groups in total. The van der Waals surface area contributed by atoms with Gasteiger partial charge in [-0.05, 0) is 99.8 Å². The highest BCUT2D eigenvalue weighted by Gasteiger charge is 2.27. The number of fused-ring (bicyclic) bond motifs is 2. The number of hydrogen-bond acceptors (Lipinski definition) is 12. The second-order valence-corrected chi connectivity index (χ2v) is 20.4. The summed E-state index contributed by atoms with van der Waals surface area (Å²) in [5.41, 5.74) is 3.37. The van der Waals surface area contributed by atoms with Crippen LogP contribution in [-0.4, -0.2) is 108 Å². The quantitative estimate of drug-likeness (QED) is 0.127. The monoisotopic (exact) mass is 920 g/mol. The van der Waals surface area contributed by atoms with Crippen molar-refractivity contribution < 1.29 is 16.8 Å². The molecule has 2 aromatic carbocycles. The van der Waals surface area contributed by atoms with Crippen molar-refractivity contribution in [3.05, 3.63) is 89.9 Å². The van der Waals surface area contributed by atoms with Crippen molar-refractivity contribution in [1.29, 1.82) is 0 Å². The summed E-state index contributed by atoms with van der Waals surface area (Å²) in [5, 5.41) is 6.67. The molecule has 0 atom stereocenters. The Morgan fingerprint density at radius 2 is 1.16 bits per heavy atom. The van der Waals surface area contributed by atoms with Gasteiger partial charge in [-0.1, -0.05) is 51.6 Å². The summed E-state index contributed by atoms with van der Waals surface area (Å²) in [7, 11) is -5.73. The highest BCUT2D eigenvalue weighted by molar-refractivity contribution is 9.10. The molecule has 0 radical (unpaired) electrons. The summed E-state index contributed by atoms with van der Waals surface area (Å²) in [6, 6.07) is 20.4. The Balaban J connectivity index is 0.000000178. The third kappa shape index (κ3) is 10.6. The molecular formula is C38H46BrClN8O4S4. The van der Waals surface area contributed by atoms with Crippen LogP contribution in [0.15, 0.2) is 100 Å². The minimum atomic E-state index is -2.96. The maximum Gasteiger partial charge on any atom is 0.189 e. The van der Waals surface area contributed by atoms with E-state index >= 15 is 0 Å². The van der Waals surface area contributed by atoms with E-state index in [-0.39, 0.29) is 22.9 Å². The van der Waals surface area contributed by atoms with Gasteiger partial charge in [-0.25, -0.2) is 36.8 Å². The molecule has 6 heterocycles. The van der Waals surface area contributed by atoms with E-state index in [1.54, 1.807) is 24.2 Å². The molecule has 4 aromatic heterocycles. The van der Waals surface area contributed by atoms with Gasteiger partial charge in [0, 0.05) is 71.3 Å². The van der Waals surface area contributed by atoms with E-state index in [2.05, 4.69) is 85.5 Å². The van der Waals surface area contributed by atoms with Crippen molar-refractivity contribution in [2.75, 3.05) is 56.1 Å². The van der Waals surface area contributed by atoms with Crippen LogP contribution in [0.3, 0.4) is 0 Å². The highest BCUT2D eigenvalue weighted by Crippen LogP contribution is 2.32. The van der Waals surface area contributed by atoms with Crippen LogP contribution in [0, 0.1) is 0 Å². The summed E-state index contributed by atoms with van der Waals surface area (Å²) < 4.78 is 50.8. The van der Waals surface area contributed by atoms with Gasteiger partial charge in [-0.2, -0.15) is 0 Å². The van der Waals surface area contributed by atoms with E-state index in [1.807, 2.05) is 55.2 Å². The van der Waals surface area contributed by atoms with Crippen LogP contribution in [0.4, 0.5) is 5.69 Å². The maximum atomic E-state index is 11.8. The number of anilines is 1. The molecule has 2 aliphatic rings. The van der Waals surface area contributed by atoms with Crippen molar-refractivity contribution in [3.63, 3.8) is 0 Å². The zero-order chi connectivity index (χ0) is 39.2. The molecule has 0 amide bonds. The fraction of sp³-hybridized carbons (Fsp3) is 0.368. The molecule has 18 heteroatoms. The van der Waals surface area contributed by atoms with E-state index in [4.69, 9.17) is 0 Å². The normalized spacial score (nSPS) is 15.4. The summed E-state index contributed by atoms with van der Waals surface area (Å²) in [5.74, 6) is 1.74. The third-order valence-corrected chi connectivity index (χ3v) is 14.9. The van der Waals surface area contributed by atoms with Gasteiger partial charge in [0.25, 0.3) is 0 Å². The van der Waals surface area contributed by atoms with Crippen LogP contribution in [0.2, 0.25) is 0 Å². The molecule has 8 rings (SSSR count). The van der Waals surface area contributed by atoms with Crippen LogP contribution in [0.1, 0.15) is 25.7 Å². The first-order valence-corrected chi connectivity index (χ1v) is 25.0. The maximum absolute atomic E-state index is 11.8. The molecule has 2 fully saturated rings. The molecule has 0 unspecified atom stereocenters. The zero-order valence-electron chi connectivity index (χ0n) is 31.6. The number of rotatable bonds is 7. The van der Waals surface area contributed by atoms with Crippen molar-refractivity contribution in [2.24, 2.45) is 0 Å². The average Bonchev–Trinajstić information content (AvgIpc) is 3.84. The molecule has 0 saturated carbocycles. The predicted octanol–water partition coefficient (Wildman–Crippen LogP) is 7.27. The van der Waals surface area contributed by atoms with Crippen LogP contribution >= 0.6 is 51.9 Å². The minimum Gasteiger partial charge on any atom is -0.371 e. The zero-order valence-corrected chi connectivity index (χ0v) is 37.2. The Morgan fingerprint density at radius 3 is 1.66 bits per heavy atom. The predicted molar refractivity (Wildman–Crippen MR) is 237 cm³/mol. The Labute approximate surface area is 352 Å². The second-order valence-electron chi connectivity index (χ2n) is 13.4. The summed E-state index contributed by atoms with van der Waals surface area (Å²) in [6.45, 7) is 3.20. The second kappa shape index (κ2) is 19.5.